The number of aromatic nitrogens is 2. The van der Waals surface area contributed by atoms with E-state index in [0.717, 1.165) is 30.7 Å². The van der Waals surface area contributed by atoms with Gasteiger partial charge in [0.25, 0.3) is 5.91 Å². The van der Waals surface area contributed by atoms with Crippen molar-refractivity contribution in [3.05, 3.63) is 84.2 Å². The van der Waals surface area contributed by atoms with Crippen LogP contribution in [0.1, 0.15) is 29.0 Å². The Balaban J connectivity index is 1.40. The van der Waals surface area contributed by atoms with E-state index in [4.69, 9.17) is 0 Å². The number of pyridine rings is 2. The lowest BCUT2D eigenvalue weighted by atomic mass is 10.0. The van der Waals surface area contributed by atoms with Crippen LogP contribution in [0.2, 0.25) is 0 Å². The number of alkyl halides is 3. The molecule has 0 bridgehead atoms. The number of hydrogen-bond acceptors (Lipinski definition) is 5. The van der Waals surface area contributed by atoms with Crippen molar-refractivity contribution >= 4 is 22.6 Å². The first-order chi connectivity index (χ1) is 17.3. The number of benzene rings is 2. The van der Waals surface area contributed by atoms with Crippen LogP contribution in [0.5, 0.6) is 5.75 Å². The van der Waals surface area contributed by atoms with Gasteiger partial charge < -0.3 is 10.1 Å². The van der Waals surface area contributed by atoms with Crippen LogP contribution >= 0.6 is 0 Å². The zero-order valence-corrected chi connectivity index (χ0v) is 19.3. The summed E-state index contributed by atoms with van der Waals surface area (Å²) in [5.41, 5.74) is 2.61. The number of anilines is 1. The number of halogens is 3. The molecule has 0 unspecified atom stereocenters. The first kappa shape index (κ1) is 23.7. The maximum atomic E-state index is 13.0. The average Bonchev–Trinajstić information content (AvgIpc) is 3.35. The molecule has 0 aliphatic carbocycles. The highest BCUT2D eigenvalue weighted by Gasteiger charge is 2.31. The molecule has 1 N–H and O–H groups in total. The summed E-state index contributed by atoms with van der Waals surface area (Å²) in [6.45, 7) is 2.83. The Kier molecular flexibility index (Phi) is 6.56. The van der Waals surface area contributed by atoms with Crippen molar-refractivity contribution in [3.63, 3.8) is 0 Å². The summed E-state index contributed by atoms with van der Waals surface area (Å²) in [5, 5.41) is 3.55. The number of hydrogen-bond donors (Lipinski definition) is 1. The van der Waals surface area contributed by atoms with E-state index in [2.05, 4.69) is 24.9 Å². The molecular weight excluding hydrogens is 469 g/mol. The molecule has 1 aliphatic rings. The number of rotatable bonds is 6. The molecule has 2 aromatic heterocycles. The van der Waals surface area contributed by atoms with Gasteiger partial charge in [-0.25, -0.2) is 9.97 Å². The number of ether oxygens (including phenoxy) is 1. The number of carbonyl (C=O) groups is 1. The van der Waals surface area contributed by atoms with Gasteiger partial charge >= 0.3 is 6.36 Å². The van der Waals surface area contributed by atoms with Gasteiger partial charge in [-0.15, -0.1) is 13.2 Å². The van der Waals surface area contributed by atoms with E-state index in [0.29, 0.717) is 22.5 Å². The van der Waals surface area contributed by atoms with Gasteiger partial charge in [0.15, 0.2) is 0 Å². The van der Waals surface area contributed by atoms with Gasteiger partial charge in [0, 0.05) is 17.5 Å². The molecular formula is C27H23F3N4O2. The molecule has 0 spiro atoms. The van der Waals surface area contributed by atoms with E-state index in [9.17, 15) is 18.0 Å². The standard InChI is InChI=1S/C27H23F3N4O2/c28-27(29,30)36-21-9-3-7-19(16-21)22-10-4-6-18-12-13-23(32-25(18)22)26(35)33-24-11-5-8-20(31-24)17-34-14-1-2-15-34/h3-13,16H,1-2,14-15,17H2,(H,31,33,35). The Hall–Kier alpha value is -3.98. The van der Waals surface area contributed by atoms with Crippen molar-refractivity contribution < 1.29 is 22.7 Å². The van der Waals surface area contributed by atoms with E-state index in [1.165, 1.54) is 31.0 Å². The molecule has 0 saturated carbocycles. The highest BCUT2D eigenvalue weighted by Crippen LogP contribution is 2.32. The predicted molar refractivity (Wildman–Crippen MR) is 131 cm³/mol. The Bertz CT molecular complexity index is 1400. The van der Waals surface area contributed by atoms with E-state index < -0.39 is 12.3 Å². The number of likely N-dealkylation sites (tertiary alicyclic amines) is 1. The lowest BCUT2D eigenvalue weighted by Gasteiger charge is -2.14. The predicted octanol–water partition coefficient (Wildman–Crippen LogP) is 6.04. The van der Waals surface area contributed by atoms with Crippen molar-refractivity contribution in [1.82, 2.24) is 14.9 Å². The second-order valence-corrected chi connectivity index (χ2v) is 8.60. The smallest absolute Gasteiger partial charge is 0.406 e. The lowest BCUT2D eigenvalue weighted by Crippen LogP contribution is -2.20. The summed E-state index contributed by atoms with van der Waals surface area (Å²) in [4.78, 5) is 24.4. The third-order valence-electron chi connectivity index (χ3n) is 5.96. The average molecular weight is 493 g/mol. The molecule has 0 atom stereocenters. The zero-order valence-electron chi connectivity index (χ0n) is 19.3. The van der Waals surface area contributed by atoms with Gasteiger partial charge in [0.05, 0.1) is 11.2 Å². The van der Waals surface area contributed by atoms with Crippen LogP contribution in [0, 0.1) is 0 Å². The van der Waals surface area contributed by atoms with Crippen molar-refractivity contribution in [2.24, 2.45) is 0 Å². The molecule has 5 rings (SSSR count). The number of nitrogens with zero attached hydrogens (tertiary/aromatic N) is 3. The highest BCUT2D eigenvalue weighted by atomic mass is 19.4. The number of fused-ring (bicyclic) bond motifs is 1. The minimum Gasteiger partial charge on any atom is -0.406 e. The lowest BCUT2D eigenvalue weighted by molar-refractivity contribution is -0.274. The van der Waals surface area contributed by atoms with Crippen LogP contribution < -0.4 is 10.1 Å². The van der Waals surface area contributed by atoms with Gasteiger partial charge in [-0.05, 0) is 61.8 Å². The Morgan fingerprint density at radius 1 is 0.944 bits per heavy atom. The third kappa shape index (κ3) is 5.63. The molecule has 36 heavy (non-hydrogen) atoms. The van der Waals surface area contributed by atoms with Crippen LogP contribution in [0.25, 0.3) is 22.0 Å². The normalized spacial score (nSPS) is 14.2. The molecule has 4 aromatic rings. The fourth-order valence-electron chi connectivity index (χ4n) is 4.35. The van der Waals surface area contributed by atoms with Crippen molar-refractivity contribution in [3.8, 4) is 16.9 Å². The molecule has 3 heterocycles. The Labute approximate surface area is 205 Å². The number of carbonyl (C=O) groups excluding carboxylic acids is 1. The highest BCUT2D eigenvalue weighted by molar-refractivity contribution is 6.04. The summed E-state index contributed by atoms with van der Waals surface area (Å²) in [7, 11) is 0. The van der Waals surface area contributed by atoms with E-state index in [1.807, 2.05) is 18.2 Å². The van der Waals surface area contributed by atoms with E-state index in [-0.39, 0.29) is 11.4 Å². The molecule has 0 radical (unpaired) electrons. The van der Waals surface area contributed by atoms with Crippen LogP contribution in [0.15, 0.2) is 72.8 Å². The number of para-hydroxylation sites is 1. The van der Waals surface area contributed by atoms with Gasteiger partial charge in [-0.1, -0.05) is 42.5 Å². The first-order valence-electron chi connectivity index (χ1n) is 11.6. The summed E-state index contributed by atoms with van der Waals surface area (Å²) < 4.78 is 42.1. The van der Waals surface area contributed by atoms with E-state index >= 15 is 0 Å². The summed E-state index contributed by atoms with van der Waals surface area (Å²) in [6, 6.07) is 19.9. The molecule has 2 aromatic carbocycles. The zero-order chi connectivity index (χ0) is 25.1. The van der Waals surface area contributed by atoms with Crippen LogP contribution in [-0.4, -0.2) is 40.2 Å². The quantitative estimate of drug-likeness (QED) is 0.355. The summed E-state index contributed by atoms with van der Waals surface area (Å²) >= 11 is 0. The van der Waals surface area contributed by atoms with Crippen molar-refractivity contribution in [2.75, 3.05) is 18.4 Å². The molecule has 1 amide bonds. The molecule has 184 valence electrons. The fraction of sp³-hybridized carbons (Fsp3) is 0.222. The van der Waals surface area contributed by atoms with Gasteiger partial charge in [0.1, 0.15) is 17.3 Å². The largest absolute Gasteiger partial charge is 0.573 e. The maximum Gasteiger partial charge on any atom is 0.573 e. The van der Waals surface area contributed by atoms with Crippen LogP contribution in [0.3, 0.4) is 0 Å². The maximum absolute atomic E-state index is 13.0. The van der Waals surface area contributed by atoms with Crippen LogP contribution in [0.4, 0.5) is 19.0 Å². The van der Waals surface area contributed by atoms with Gasteiger partial charge in [-0.3, -0.25) is 9.69 Å². The second kappa shape index (κ2) is 9.94. The molecule has 6 nitrogen and oxygen atoms in total. The van der Waals surface area contributed by atoms with Gasteiger partial charge in [-0.2, -0.15) is 0 Å². The van der Waals surface area contributed by atoms with Gasteiger partial charge in [0.2, 0.25) is 0 Å². The topological polar surface area (TPSA) is 67.4 Å². The SMILES string of the molecule is O=C(Nc1cccc(CN2CCCC2)n1)c1ccc2cccc(-c3cccc(OC(F)(F)F)c3)c2n1. The van der Waals surface area contributed by atoms with Crippen molar-refractivity contribution in [2.45, 2.75) is 25.7 Å². The molecule has 9 heteroatoms. The Morgan fingerprint density at radius 3 is 2.53 bits per heavy atom. The minimum absolute atomic E-state index is 0.171. The first-order valence-corrected chi connectivity index (χ1v) is 11.6. The molecule has 1 aliphatic heterocycles. The molecule has 1 fully saturated rings. The molecule has 1 saturated heterocycles. The monoisotopic (exact) mass is 492 g/mol. The third-order valence-corrected chi connectivity index (χ3v) is 5.96. The van der Waals surface area contributed by atoms with Crippen molar-refractivity contribution in [1.29, 1.82) is 0 Å². The van der Waals surface area contributed by atoms with Crippen LogP contribution in [-0.2, 0) is 6.54 Å². The minimum atomic E-state index is -4.79. The fourth-order valence-corrected chi connectivity index (χ4v) is 4.35. The second-order valence-electron chi connectivity index (χ2n) is 8.60. The van der Waals surface area contributed by atoms with E-state index in [1.54, 1.807) is 36.4 Å². The number of amides is 1. The Morgan fingerprint density at radius 2 is 1.72 bits per heavy atom. The number of nitrogens with one attached hydrogen (secondary N) is 1. The summed E-state index contributed by atoms with van der Waals surface area (Å²) in [5.74, 6) is -0.318. The summed E-state index contributed by atoms with van der Waals surface area (Å²) in [6.07, 6.45) is -2.42.